The van der Waals surface area contributed by atoms with Crippen molar-refractivity contribution >= 4 is 23.9 Å². The summed E-state index contributed by atoms with van der Waals surface area (Å²) in [6.07, 6.45) is 6.79. The summed E-state index contributed by atoms with van der Waals surface area (Å²) in [5.41, 5.74) is -1.11. The molecule has 1 heterocycles. The Morgan fingerprint density at radius 1 is 1.07 bits per heavy atom. The number of rotatable bonds is 4. The molecule has 4 aliphatic carbocycles. The van der Waals surface area contributed by atoms with Crippen LogP contribution in [0.4, 0.5) is 9.59 Å². The quantitative estimate of drug-likeness (QED) is 0.646. The SMILES string of the molecule is CC1(C)NC(=O)N(CCC(=O)NC(=O)NC23CC4CC(CC(C4)C2)C3)C1=O. The van der Waals surface area contributed by atoms with Gasteiger partial charge in [-0.05, 0) is 70.1 Å². The number of imide groups is 2. The molecule has 5 rings (SSSR count). The van der Waals surface area contributed by atoms with Crippen molar-refractivity contribution in [1.82, 2.24) is 20.9 Å². The fourth-order valence-electron chi connectivity index (χ4n) is 5.96. The lowest BCUT2D eigenvalue weighted by Crippen LogP contribution is -2.61. The predicted molar refractivity (Wildman–Crippen MR) is 96.5 cm³/mol. The fraction of sp³-hybridized carbons (Fsp3) is 0.789. The van der Waals surface area contributed by atoms with Gasteiger partial charge in [-0.3, -0.25) is 19.8 Å². The third-order valence-corrected chi connectivity index (χ3v) is 6.68. The summed E-state index contributed by atoms with van der Waals surface area (Å²) in [5.74, 6) is 1.27. The van der Waals surface area contributed by atoms with E-state index >= 15 is 0 Å². The Balaban J connectivity index is 1.27. The zero-order valence-corrected chi connectivity index (χ0v) is 16.0. The first kappa shape index (κ1) is 18.3. The van der Waals surface area contributed by atoms with Crippen molar-refractivity contribution in [2.75, 3.05) is 6.54 Å². The summed E-state index contributed by atoms with van der Waals surface area (Å²) in [5, 5.41) is 8.02. The second-order valence-electron chi connectivity index (χ2n) is 9.46. The predicted octanol–water partition coefficient (Wildman–Crippen LogP) is 1.50. The van der Waals surface area contributed by atoms with Gasteiger partial charge in [-0.25, -0.2) is 9.59 Å². The van der Waals surface area contributed by atoms with Crippen LogP contribution in [0.2, 0.25) is 0 Å². The first-order chi connectivity index (χ1) is 12.7. The molecule has 5 aliphatic rings. The van der Waals surface area contributed by atoms with Crippen LogP contribution in [0.3, 0.4) is 0 Å². The zero-order valence-electron chi connectivity index (χ0n) is 16.0. The fourth-order valence-corrected chi connectivity index (χ4v) is 5.96. The second-order valence-corrected chi connectivity index (χ2v) is 9.46. The van der Waals surface area contributed by atoms with Crippen LogP contribution in [0.25, 0.3) is 0 Å². The van der Waals surface area contributed by atoms with Crippen LogP contribution in [0, 0.1) is 17.8 Å². The molecule has 0 aromatic rings. The Morgan fingerprint density at radius 3 is 2.11 bits per heavy atom. The highest BCUT2D eigenvalue weighted by Gasteiger charge is 2.51. The van der Waals surface area contributed by atoms with E-state index in [0.29, 0.717) is 17.8 Å². The van der Waals surface area contributed by atoms with Crippen LogP contribution >= 0.6 is 0 Å². The Kier molecular flexibility index (Phi) is 4.20. The molecule has 0 aromatic carbocycles. The smallest absolute Gasteiger partial charge is 0.325 e. The van der Waals surface area contributed by atoms with Crippen molar-refractivity contribution in [3.63, 3.8) is 0 Å². The molecule has 0 spiro atoms. The lowest BCUT2D eigenvalue weighted by Gasteiger charge is -2.56. The topological polar surface area (TPSA) is 108 Å². The van der Waals surface area contributed by atoms with Crippen LogP contribution in [0.1, 0.15) is 58.8 Å². The number of carbonyl (C=O) groups is 4. The molecular formula is C19H28N4O4. The van der Waals surface area contributed by atoms with E-state index in [-0.39, 0.29) is 24.4 Å². The zero-order chi connectivity index (χ0) is 19.4. The summed E-state index contributed by atoms with van der Waals surface area (Å²) in [6.45, 7) is 3.20. The van der Waals surface area contributed by atoms with Gasteiger partial charge in [0, 0.05) is 18.5 Å². The van der Waals surface area contributed by atoms with E-state index in [0.717, 1.165) is 24.2 Å². The monoisotopic (exact) mass is 376 g/mol. The molecule has 0 atom stereocenters. The molecule has 4 bridgehead atoms. The van der Waals surface area contributed by atoms with Gasteiger partial charge >= 0.3 is 12.1 Å². The van der Waals surface area contributed by atoms with Gasteiger partial charge in [-0.2, -0.15) is 0 Å². The van der Waals surface area contributed by atoms with Gasteiger partial charge in [0.15, 0.2) is 0 Å². The lowest BCUT2D eigenvalue weighted by molar-refractivity contribution is -0.130. The number of hydrogen-bond acceptors (Lipinski definition) is 4. The summed E-state index contributed by atoms with van der Waals surface area (Å²) in [7, 11) is 0. The Morgan fingerprint density at radius 2 is 1.63 bits per heavy atom. The average molecular weight is 376 g/mol. The molecule has 27 heavy (non-hydrogen) atoms. The van der Waals surface area contributed by atoms with Crippen molar-refractivity contribution in [1.29, 1.82) is 0 Å². The summed E-state index contributed by atoms with van der Waals surface area (Å²) >= 11 is 0. The Hall–Kier alpha value is -2.12. The van der Waals surface area contributed by atoms with Crippen LogP contribution in [-0.2, 0) is 9.59 Å². The van der Waals surface area contributed by atoms with Crippen molar-refractivity contribution in [3.8, 4) is 0 Å². The standard InChI is InChI=1S/C19H28N4O4/c1-18(2)15(25)23(17(27)22-18)4-3-14(24)20-16(26)21-19-8-11-5-12(9-19)7-13(6-11)10-19/h11-13H,3-10H2,1-2H3,(H,22,27)(H2,20,21,24,26). The molecule has 0 unspecified atom stereocenters. The minimum absolute atomic E-state index is 0.0371. The molecule has 148 valence electrons. The van der Waals surface area contributed by atoms with Crippen LogP contribution in [0.15, 0.2) is 0 Å². The van der Waals surface area contributed by atoms with Gasteiger partial charge in [0.05, 0.1) is 0 Å². The van der Waals surface area contributed by atoms with Crippen LogP contribution in [-0.4, -0.2) is 46.4 Å². The summed E-state index contributed by atoms with van der Waals surface area (Å²) in [6, 6.07) is -0.963. The van der Waals surface area contributed by atoms with Crippen molar-refractivity contribution < 1.29 is 19.2 Å². The third-order valence-electron chi connectivity index (χ3n) is 6.68. The van der Waals surface area contributed by atoms with Crippen molar-refractivity contribution in [2.24, 2.45) is 17.8 Å². The van der Waals surface area contributed by atoms with Gasteiger partial charge in [-0.1, -0.05) is 0 Å². The second kappa shape index (κ2) is 6.21. The van der Waals surface area contributed by atoms with Crippen LogP contribution in [0.5, 0.6) is 0 Å². The minimum atomic E-state index is -0.955. The summed E-state index contributed by atoms with van der Waals surface area (Å²) in [4.78, 5) is 49.5. The van der Waals surface area contributed by atoms with Crippen LogP contribution < -0.4 is 16.0 Å². The van der Waals surface area contributed by atoms with Gasteiger partial charge in [-0.15, -0.1) is 0 Å². The van der Waals surface area contributed by atoms with E-state index in [9.17, 15) is 19.2 Å². The molecule has 8 nitrogen and oxygen atoms in total. The number of urea groups is 2. The molecule has 3 N–H and O–H groups in total. The van der Waals surface area contributed by atoms with Gasteiger partial charge in [0.1, 0.15) is 5.54 Å². The molecule has 0 aromatic heterocycles. The van der Waals surface area contributed by atoms with Gasteiger partial charge in [0.2, 0.25) is 5.91 Å². The minimum Gasteiger partial charge on any atom is -0.332 e. The van der Waals surface area contributed by atoms with Crippen molar-refractivity contribution in [2.45, 2.75) is 69.9 Å². The number of hydrogen-bond donors (Lipinski definition) is 3. The van der Waals surface area contributed by atoms with E-state index in [1.165, 1.54) is 19.3 Å². The Bertz CT molecular complexity index is 667. The normalized spacial score (nSPS) is 35.9. The maximum atomic E-state index is 12.4. The number of nitrogens with one attached hydrogen (secondary N) is 3. The van der Waals surface area contributed by atoms with E-state index in [4.69, 9.17) is 0 Å². The molecule has 8 heteroatoms. The Labute approximate surface area is 158 Å². The molecule has 0 radical (unpaired) electrons. The van der Waals surface area contributed by atoms with E-state index < -0.39 is 23.5 Å². The van der Waals surface area contributed by atoms with Crippen molar-refractivity contribution in [3.05, 3.63) is 0 Å². The number of amides is 6. The largest absolute Gasteiger partial charge is 0.332 e. The molecular weight excluding hydrogens is 348 g/mol. The highest BCUT2D eigenvalue weighted by molar-refractivity contribution is 6.06. The third kappa shape index (κ3) is 3.41. The van der Waals surface area contributed by atoms with Gasteiger partial charge < -0.3 is 10.6 Å². The molecule has 6 amide bonds. The summed E-state index contributed by atoms with van der Waals surface area (Å²) < 4.78 is 0. The number of carbonyl (C=O) groups excluding carboxylic acids is 4. The van der Waals surface area contributed by atoms with E-state index in [1.54, 1.807) is 13.8 Å². The maximum absolute atomic E-state index is 12.4. The molecule has 4 saturated carbocycles. The number of nitrogens with zero attached hydrogens (tertiary/aromatic N) is 1. The van der Waals surface area contributed by atoms with Gasteiger partial charge in [0.25, 0.3) is 5.91 Å². The van der Waals surface area contributed by atoms with E-state index in [1.807, 2.05) is 0 Å². The average Bonchev–Trinajstić information content (AvgIpc) is 2.71. The maximum Gasteiger partial charge on any atom is 0.325 e. The molecule has 5 fully saturated rings. The van der Waals surface area contributed by atoms with E-state index in [2.05, 4.69) is 16.0 Å². The molecule has 1 aliphatic heterocycles. The molecule has 1 saturated heterocycles. The first-order valence-corrected chi connectivity index (χ1v) is 9.92. The highest BCUT2D eigenvalue weighted by atomic mass is 16.2. The lowest BCUT2D eigenvalue weighted by atomic mass is 9.53. The first-order valence-electron chi connectivity index (χ1n) is 9.92. The highest BCUT2D eigenvalue weighted by Crippen LogP contribution is 2.55.